The lowest BCUT2D eigenvalue weighted by atomic mass is 10.1. The zero-order valence-corrected chi connectivity index (χ0v) is 16.7. The number of nitrogens with one attached hydrogen (secondary N) is 1. The fourth-order valence-corrected chi connectivity index (χ4v) is 4.04. The molecule has 0 bridgehead atoms. The molecule has 3 aromatic rings. The van der Waals surface area contributed by atoms with Gasteiger partial charge in [-0.05, 0) is 41.4 Å². The number of nitrogens with two attached hydrogens (primary N) is 1. The van der Waals surface area contributed by atoms with E-state index >= 15 is 0 Å². The van der Waals surface area contributed by atoms with Gasteiger partial charge in [-0.3, -0.25) is 9.59 Å². The molecule has 9 nitrogen and oxygen atoms in total. The Bertz CT molecular complexity index is 1070. The third kappa shape index (κ3) is 3.43. The minimum Gasteiger partial charge on any atom is -0.462 e. The van der Waals surface area contributed by atoms with Crippen LogP contribution in [0.3, 0.4) is 0 Å². The van der Waals surface area contributed by atoms with Gasteiger partial charge in [-0.1, -0.05) is 0 Å². The summed E-state index contributed by atoms with van der Waals surface area (Å²) in [4.78, 5) is 41.0. The minimum atomic E-state index is -0.693. The summed E-state index contributed by atoms with van der Waals surface area (Å²) in [6, 6.07) is 1.68. The second-order valence-electron chi connectivity index (χ2n) is 5.35. The van der Waals surface area contributed by atoms with E-state index in [0.29, 0.717) is 15.7 Å². The lowest BCUT2D eigenvalue weighted by molar-refractivity contribution is 0.0527. The molecule has 0 radical (unpaired) electrons. The predicted octanol–water partition coefficient (Wildman–Crippen LogP) is 2.39. The normalized spacial score (nSPS) is 10.8. The number of halogens is 1. The van der Waals surface area contributed by atoms with Crippen molar-refractivity contribution in [3.8, 4) is 0 Å². The molecule has 3 rings (SSSR count). The van der Waals surface area contributed by atoms with Crippen LogP contribution in [-0.4, -0.2) is 39.0 Å². The molecule has 27 heavy (non-hydrogen) atoms. The Labute approximate surface area is 165 Å². The number of hydrogen-bond donors (Lipinski definition) is 2. The van der Waals surface area contributed by atoms with Gasteiger partial charge in [0.1, 0.15) is 5.00 Å². The van der Waals surface area contributed by atoms with Crippen molar-refractivity contribution >= 4 is 55.7 Å². The standard InChI is InChI=1S/C16H14BrN5O4S/c1-3-26-16(25)8-7(2)11(12(18)23)27-15(8)20-14(24)10-9(17)13-19-5-4-6-22(13)21-10/h4-6H,3H2,1-2H3,(H2,18,23)(H,20,24). The molecule has 0 saturated heterocycles. The first-order valence-corrected chi connectivity index (χ1v) is 9.36. The molecule has 3 aromatic heterocycles. The average molecular weight is 452 g/mol. The number of amides is 2. The van der Waals surface area contributed by atoms with E-state index < -0.39 is 17.8 Å². The highest BCUT2D eigenvalue weighted by atomic mass is 79.9. The van der Waals surface area contributed by atoms with Gasteiger partial charge < -0.3 is 15.8 Å². The molecule has 0 saturated carbocycles. The van der Waals surface area contributed by atoms with Crippen molar-refractivity contribution in [2.75, 3.05) is 11.9 Å². The molecule has 140 valence electrons. The van der Waals surface area contributed by atoms with Gasteiger partial charge in [0, 0.05) is 12.4 Å². The summed E-state index contributed by atoms with van der Waals surface area (Å²) in [7, 11) is 0. The average Bonchev–Trinajstić information content (AvgIpc) is 3.13. The predicted molar refractivity (Wildman–Crippen MR) is 102 cm³/mol. The van der Waals surface area contributed by atoms with E-state index in [0.717, 1.165) is 11.3 Å². The number of aromatic nitrogens is 3. The first-order chi connectivity index (χ1) is 12.8. The fraction of sp³-hybridized carbons (Fsp3) is 0.188. The maximum Gasteiger partial charge on any atom is 0.341 e. The summed E-state index contributed by atoms with van der Waals surface area (Å²) in [5.41, 5.74) is 6.37. The minimum absolute atomic E-state index is 0.0789. The Morgan fingerprint density at radius 1 is 1.41 bits per heavy atom. The van der Waals surface area contributed by atoms with Crippen molar-refractivity contribution in [1.82, 2.24) is 14.6 Å². The summed E-state index contributed by atoms with van der Waals surface area (Å²) in [5.74, 6) is -1.92. The van der Waals surface area contributed by atoms with Crippen LogP contribution in [0.5, 0.6) is 0 Å². The van der Waals surface area contributed by atoms with Crippen LogP contribution in [0.4, 0.5) is 5.00 Å². The summed E-state index contributed by atoms with van der Waals surface area (Å²) in [5, 5.41) is 6.97. The highest BCUT2D eigenvalue weighted by Crippen LogP contribution is 2.34. The summed E-state index contributed by atoms with van der Waals surface area (Å²) >= 11 is 4.22. The van der Waals surface area contributed by atoms with E-state index in [2.05, 4.69) is 31.3 Å². The number of carbonyl (C=O) groups is 3. The van der Waals surface area contributed by atoms with Crippen molar-refractivity contribution in [1.29, 1.82) is 0 Å². The maximum absolute atomic E-state index is 12.7. The molecule has 0 fully saturated rings. The monoisotopic (exact) mass is 451 g/mol. The highest BCUT2D eigenvalue weighted by Gasteiger charge is 2.27. The van der Waals surface area contributed by atoms with Gasteiger partial charge in [-0.25, -0.2) is 14.3 Å². The summed E-state index contributed by atoms with van der Waals surface area (Å²) in [6.07, 6.45) is 3.22. The van der Waals surface area contributed by atoms with Gasteiger partial charge >= 0.3 is 5.97 Å². The van der Waals surface area contributed by atoms with Crippen molar-refractivity contribution < 1.29 is 19.1 Å². The SMILES string of the molecule is CCOC(=O)c1c(NC(=O)c2nn3cccnc3c2Br)sc(C(N)=O)c1C. The smallest absolute Gasteiger partial charge is 0.341 e. The Morgan fingerprint density at radius 2 is 2.15 bits per heavy atom. The van der Waals surface area contributed by atoms with Crippen LogP contribution in [0, 0.1) is 6.92 Å². The van der Waals surface area contributed by atoms with E-state index in [4.69, 9.17) is 10.5 Å². The molecule has 3 heterocycles. The van der Waals surface area contributed by atoms with Gasteiger partial charge in [0.05, 0.1) is 21.5 Å². The molecule has 2 amide bonds. The van der Waals surface area contributed by atoms with Gasteiger partial charge in [-0.2, -0.15) is 5.10 Å². The maximum atomic E-state index is 12.7. The number of thiophene rings is 1. The number of fused-ring (bicyclic) bond motifs is 1. The second-order valence-corrected chi connectivity index (χ2v) is 7.16. The van der Waals surface area contributed by atoms with Crippen LogP contribution in [0.25, 0.3) is 5.65 Å². The lowest BCUT2D eigenvalue weighted by Gasteiger charge is -2.06. The van der Waals surface area contributed by atoms with E-state index in [1.165, 1.54) is 4.52 Å². The molecular formula is C16H14BrN5O4S. The van der Waals surface area contributed by atoms with E-state index in [9.17, 15) is 14.4 Å². The van der Waals surface area contributed by atoms with Gasteiger partial charge in [0.2, 0.25) is 0 Å². The van der Waals surface area contributed by atoms with Crippen LogP contribution in [0.2, 0.25) is 0 Å². The lowest BCUT2D eigenvalue weighted by Crippen LogP contribution is -2.16. The van der Waals surface area contributed by atoms with Gasteiger partial charge in [0.25, 0.3) is 11.8 Å². The van der Waals surface area contributed by atoms with Crippen molar-refractivity contribution in [2.24, 2.45) is 5.73 Å². The van der Waals surface area contributed by atoms with Crippen LogP contribution in [-0.2, 0) is 4.74 Å². The Hall–Kier alpha value is -2.79. The molecule has 0 unspecified atom stereocenters. The number of nitrogens with zero attached hydrogens (tertiary/aromatic N) is 3. The fourth-order valence-electron chi connectivity index (χ4n) is 2.45. The van der Waals surface area contributed by atoms with Crippen LogP contribution in [0.1, 0.15) is 43.0 Å². The second kappa shape index (κ2) is 7.45. The van der Waals surface area contributed by atoms with Crippen LogP contribution < -0.4 is 11.1 Å². The quantitative estimate of drug-likeness (QED) is 0.572. The van der Waals surface area contributed by atoms with Crippen molar-refractivity contribution in [2.45, 2.75) is 13.8 Å². The Balaban J connectivity index is 2.02. The first-order valence-electron chi connectivity index (χ1n) is 7.75. The zero-order valence-electron chi connectivity index (χ0n) is 14.3. The molecule has 0 atom stereocenters. The van der Waals surface area contributed by atoms with Crippen LogP contribution in [0.15, 0.2) is 22.9 Å². The van der Waals surface area contributed by atoms with Crippen LogP contribution >= 0.6 is 27.3 Å². The first kappa shape index (κ1) is 19.0. The van der Waals surface area contributed by atoms with E-state index in [-0.39, 0.29) is 27.7 Å². The molecule has 11 heteroatoms. The van der Waals surface area contributed by atoms with Gasteiger partial charge in [-0.15, -0.1) is 11.3 Å². The highest BCUT2D eigenvalue weighted by molar-refractivity contribution is 9.10. The third-order valence-electron chi connectivity index (χ3n) is 3.63. The molecule has 0 aliphatic rings. The number of rotatable bonds is 5. The number of ether oxygens (including phenoxy) is 1. The van der Waals surface area contributed by atoms with Crippen molar-refractivity contribution in [3.63, 3.8) is 0 Å². The number of esters is 1. The summed E-state index contributed by atoms with van der Waals surface area (Å²) < 4.78 is 6.88. The number of anilines is 1. The van der Waals surface area contributed by atoms with Gasteiger partial charge in [0.15, 0.2) is 11.3 Å². The number of hydrogen-bond acceptors (Lipinski definition) is 7. The molecule has 0 aromatic carbocycles. The molecular weight excluding hydrogens is 438 g/mol. The molecule has 0 spiro atoms. The molecule has 3 N–H and O–H groups in total. The Kier molecular flexibility index (Phi) is 5.24. The number of carbonyl (C=O) groups excluding carboxylic acids is 3. The van der Waals surface area contributed by atoms with E-state index in [1.54, 1.807) is 32.3 Å². The van der Waals surface area contributed by atoms with E-state index in [1.807, 2.05) is 0 Å². The number of primary amides is 1. The zero-order chi connectivity index (χ0) is 19.7. The van der Waals surface area contributed by atoms with Crippen molar-refractivity contribution in [3.05, 3.63) is 44.6 Å². The summed E-state index contributed by atoms with van der Waals surface area (Å²) in [6.45, 7) is 3.38. The largest absolute Gasteiger partial charge is 0.462 e. The molecule has 0 aliphatic carbocycles. The topological polar surface area (TPSA) is 129 Å². The third-order valence-corrected chi connectivity index (χ3v) is 5.58. The molecule has 0 aliphatic heterocycles. The Morgan fingerprint density at radius 3 is 2.78 bits per heavy atom.